The summed E-state index contributed by atoms with van der Waals surface area (Å²) in [6, 6.07) is 16.2. The second kappa shape index (κ2) is 7.17. The van der Waals surface area contributed by atoms with Gasteiger partial charge in [-0.25, -0.2) is 0 Å². The summed E-state index contributed by atoms with van der Waals surface area (Å²) in [6.45, 7) is 4.33. The van der Waals surface area contributed by atoms with Crippen molar-refractivity contribution in [3.05, 3.63) is 66.0 Å². The maximum absolute atomic E-state index is 9.56. The standard InChI is InChI=1S/C17H22N2O/c1-13(2)16(12-20)19-17(14-8-4-3-5-9-14)15-10-6-7-11-18-15/h3-11,13,16-17,19-20H,12H2,1-2H3/t16-,17+/m1/s1. The number of nitrogens with one attached hydrogen (secondary N) is 1. The Hall–Kier alpha value is -1.71. The van der Waals surface area contributed by atoms with E-state index in [0.717, 1.165) is 11.3 Å². The number of aliphatic hydroxyl groups excluding tert-OH is 1. The van der Waals surface area contributed by atoms with E-state index in [-0.39, 0.29) is 18.7 Å². The lowest BCUT2D eigenvalue weighted by Gasteiger charge is -2.27. The molecule has 20 heavy (non-hydrogen) atoms. The number of hydrogen-bond acceptors (Lipinski definition) is 3. The molecule has 2 atom stereocenters. The van der Waals surface area contributed by atoms with E-state index in [0.29, 0.717) is 5.92 Å². The van der Waals surface area contributed by atoms with Crippen LogP contribution >= 0.6 is 0 Å². The monoisotopic (exact) mass is 270 g/mol. The average molecular weight is 270 g/mol. The van der Waals surface area contributed by atoms with E-state index in [1.165, 1.54) is 0 Å². The van der Waals surface area contributed by atoms with Crippen LogP contribution < -0.4 is 5.32 Å². The molecule has 0 aliphatic carbocycles. The van der Waals surface area contributed by atoms with Crippen molar-refractivity contribution in [1.29, 1.82) is 0 Å². The van der Waals surface area contributed by atoms with Crippen molar-refractivity contribution in [2.75, 3.05) is 6.61 Å². The normalized spacial score (nSPS) is 14.2. The molecule has 0 saturated heterocycles. The van der Waals surface area contributed by atoms with Gasteiger partial charge in [-0.3, -0.25) is 10.3 Å². The summed E-state index contributed by atoms with van der Waals surface area (Å²) in [5, 5.41) is 13.1. The Morgan fingerprint density at radius 2 is 1.75 bits per heavy atom. The van der Waals surface area contributed by atoms with Gasteiger partial charge in [0.15, 0.2) is 0 Å². The van der Waals surface area contributed by atoms with Gasteiger partial charge in [0.25, 0.3) is 0 Å². The van der Waals surface area contributed by atoms with E-state index in [4.69, 9.17) is 0 Å². The van der Waals surface area contributed by atoms with Crippen molar-refractivity contribution in [1.82, 2.24) is 10.3 Å². The van der Waals surface area contributed by atoms with Crippen LogP contribution in [0.2, 0.25) is 0 Å². The molecule has 0 aliphatic rings. The molecule has 2 rings (SSSR count). The van der Waals surface area contributed by atoms with E-state index in [9.17, 15) is 5.11 Å². The number of aromatic nitrogens is 1. The lowest BCUT2D eigenvalue weighted by Crippen LogP contribution is -2.40. The molecule has 1 aromatic carbocycles. The summed E-state index contributed by atoms with van der Waals surface area (Å²) in [4.78, 5) is 4.46. The molecule has 3 nitrogen and oxygen atoms in total. The topological polar surface area (TPSA) is 45.1 Å². The fourth-order valence-corrected chi connectivity index (χ4v) is 2.21. The average Bonchev–Trinajstić information content (AvgIpc) is 2.50. The van der Waals surface area contributed by atoms with Gasteiger partial charge in [0.1, 0.15) is 0 Å². The molecule has 2 aromatic rings. The first-order valence-electron chi connectivity index (χ1n) is 7.05. The fraction of sp³-hybridized carbons (Fsp3) is 0.353. The Morgan fingerprint density at radius 1 is 1.05 bits per heavy atom. The lowest BCUT2D eigenvalue weighted by atomic mass is 9.98. The third-order valence-corrected chi connectivity index (χ3v) is 3.50. The van der Waals surface area contributed by atoms with Crippen LogP contribution in [0.3, 0.4) is 0 Å². The Labute approximate surface area is 120 Å². The van der Waals surface area contributed by atoms with Crippen molar-refractivity contribution in [3.63, 3.8) is 0 Å². The first-order valence-corrected chi connectivity index (χ1v) is 7.05. The quantitative estimate of drug-likeness (QED) is 0.848. The summed E-state index contributed by atoms with van der Waals surface area (Å²) < 4.78 is 0. The van der Waals surface area contributed by atoms with E-state index in [1.807, 2.05) is 36.4 Å². The first kappa shape index (κ1) is 14.7. The fourth-order valence-electron chi connectivity index (χ4n) is 2.21. The van der Waals surface area contributed by atoms with Gasteiger partial charge in [0.05, 0.1) is 18.3 Å². The number of pyridine rings is 1. The Morgan fingerprint density at radius 3 is 2.30 bits per heavy atom. The molecular weight excluding hydrogens is 248 g/mol. The third kappa shape index (κ3) is 3.65. The maximum atomic E-state index is 9.56. The highest BCUT2D eigenvalue weighted by Gasteiger charge is 2.21. The molecule has 1 heterocycles. The minimum Gasteiger partial charge on any atom is -0.395 e. The molecule has 0 spiro atoms. The maximum Gasteiger partial charge on any atom is 0.0754 e. The number of nitrogens with zero attached hydrogens (tertiary/aromatic N) is 1. The summed E-state index contributed by atoms with van der Waals surface area (Å²) in [6.07, 6.45) is 1.80. The Balaban J connectivity index is 2.30. The highest BCUT2D eigenvalue weighted by Crippen LogP contribution is 2.21. The zero-order chi connectivity index (χ0) is 14.4. The molecule has 2 N–H and O–H groups in total. The molecule has 0 amide bonds. The first-order chi connectivity index (χ1) is 9.72. The van der Waals surface area contributed by atoms with Crippen molar-refractivity contribution >= 4 is 0 Å². The summed E-state index contributed by atoms with van der Waals surface area (Å²) in [5.41, 5.74) is 2.13. The van der Waals surface area contributed by atoms with Crippen LogP contribution in [0.25, 0.3) is 0 Å². The minimum absolute atomic E-state index is 0.00282. The summed E-state index contributed by atoms with van der Waals surface area (Å²) >= 11 is 0. The molecule has 3 heteroatoms. The zero-order valence-electron chi connectivity index (χ0n) is 12.0. The van der Waals surface area contributed by atoms with Crippen LogP contribution in [0.15, 0.2) is 54.7 Å². The van der Waals surface area contributed by atoms with Crippen molar-refractivity contribution in [3.8, 4) is 0 Å². The van der Waals surface area contributed by atoms with Crippen LogP contribution in [-0.2, 0) is 0 Å². The summed E-state index contributed by atoms with van der Waals surface area (Å²) in [7, 11) is 0. The Bertz CT molecular complexity index is 459. The number of aliphatic hydroxyl groups is 1. The van der Waals surface area contributed by atoms with E-state index >= 15 is 0 Å². The molecular formula is C17H22N2O. The van der Waals surface area contributed by atoms with Crippen LogP contribution in [0.1, 0.15) is 31.1 Å². The molecule has 0 fully saturated rings. The van der Waals surface area contributed by atoms with E-state index in [1.54, 1.807) is 6.20 Å². The van der Waals surface area contributed by atoms with Crippen molar-refractivity contribution < 1.29 is 5.11 Å². The van der Waals surface area contributed by atoms with Crippen LogP contribution in [0.4, 0.5) is 0 Å². The summed E-state index contributed by atoms with van der Waals surface area (Å²) in [5.74, 6) is 0.356. The Kier molecular flexibility index (Phi) is 5.27. The molecule has 0 bridgehead atoms. The second-order valence-electron chi connectivity index (χ2n) is 5.30. The molecule has 106 valence electrons. The SMILES string of the molecule is CC(C)[C@@H](CO)N[C@@H](c1ccccc1)c1ccccn1. The van der Waals surface area contributed by atoms with Gasteiger partial charge in [0, 0.05) is 12.2 Å². The smallest absolute Gasteiger partial charge is 0.0754 e. The van der Waals surface area contributed by atoms with Gasteiger partial charge in [0.2, 0.25) is 0 Å². The van der Waals surface area contributed by atoms with E-state index in [2.05, 4.69) is 36.3 Å². The second-order valence-corrected chi connectivity index (χ2v) is 5.30. The number of hydrogen-bond donors (Lipinski definition) is 2. The predicted octanol–water partition coefficient (Wildman–Crippen LogP) is 2.78. The molecule has 1 aromatic heterocycles. The van der Waals surface area contributed by atoms with Crippen molar-refractivity contribution in [2.24, 2.45) is 5.92 Å². The van der Waals surface area contributed by atoms with Gasteiger partial charge in [-0.05, 0) is 23.6 Å². The predicted molar refractivity (Wildman–Crippen MR) is 81.4 cm³/mol. The molecule has 0 aliphatic heterocycles. The minimum atomic E-state index is -0.00282. The molecule has 0 radical (unpaired) electrons. The van der Waals surface area contributed by atoms with Crippen LogP contribution in [0.5, 0.6) is 0 Å². The van der Waals surface area contributed by atoms with Gasteiger partial charge in [-0.15, -0.1) is 0 Å². The third-order valence-electron chi connectivity index (χ3n) is 3.50. The van der Waals surface area contributed by atoms with Gasteiger partial charge < -0.3 is 5.11 Å². The highest BCUT2D eigenvalue weighted by molar-refractivity contribution is 5.27. The van der Waals surface area contributed by atoms with Crippen LogP contribution in [0, 0.1) is 5.92 Å². The zero-order valence-corrected chi connectivity index (χ0v) is 12.0. The van der Waals surface area contributed by atoms with Crippen LogP contribution in [-0.4, -0.2) is 22.7 Å². The van der Waals surface area contributed by atoms with Gasteiger partial charge in [-0.2, -0.15) is 0 Å². The largest absolute Gasteiger partial charge is 0.395 e. The van der Waals surface area contributed by atoms with Crippen molar-refractivity contribution in [2.45, 2.75) is 25.9 Å². The van der Waals surface area contributed by atoms with Gasteiger partial charge in [-0.1, -0.05) is 50.2 Å². The number of benzene rings is 1. The van der Waals surface area contributed by atoms with E-state index < -0.39 is 0 Å². The number of rotatable bonds is 6. The molecule has 0 unspecified atom stereocenters. The highest BCUT2D eigenvalue weighted by atomic mass is 16.3. The lowest BCUT2D eigenvalue weighted by molar-refractivity contribution is 0.203. The van der Waals surface area contributed by atoms with Gasteiger partial charge >= 0.3 is 0 Å². The molecule has 0 saturated carbocycles.